The van der Waals surface area contributed by atoms with Crippen molar-refractivity contribution in [2.45, 2.75) is 0 Å². The lowest BCUT2D eigenvalue weighted by Crippen LogP contribution is -2.09. The third kappa shape index (κ3) is 3.27. The van der Waals surface area contributed by atoms with Crippen molar-refractivity contribution in [3.05, 3.63) is 47.1 Å². The monoisotopic (exact) mass is 359 g/mol. The van der Waals surface area contributed by atoms with Gasteiger partial charge in [0.1, 0.15) is 11.5 Å². The number of aromatic nitrogens is 2. The molecule has 128 valence electrons. The number of carboxylic acids is 1. The predicted molar refractivity (Wildman–Crippen MR) is 94.3 cm³/mol. The molecule has 0 aliphatic carbocycles. The molecule has 3 aromatic rings. The van der Waals surface area contributed by atoms with E-state index >= 15 is 0 Å². The lowest BCUT2D eigenvalue weighted by molar-refractivity contribution is 0.0692. The number of methoxy groups -OCH3 is 2. The summed E-state index contributed by atoms with van der Waals surface area (Å²) in [5, 5.41) is 12.7. The molecule has 0 bridgehead atoms. The summed E-state index contributed by atoms with van der Waals surface area (Å²) in [5.74, 6) is -0.246. The summed E-state index contributed by atoms with van der Waals surface area (Å²) < 4.78 is 10.5. The van der Waals surface area contributed by atoms with Gasteiger partial charge in [0.05, 0.1) is 36.0 Å². The molecule has 8 heteroatoms. The number of ether oxygens (including phenoxy) is 2. The van der Waals surface area contributed by atoms with Gasteiger partial charge in [-0.25, -0.2) is 14.8 Å². The molecular formula is C17H14ClN3O4. The van der Waals surface area contributed by atoms with Crippen LogP contribution in [0.4, 0.5) is 11.5 Å². The number of benzene rings is 2. The molecule has 25 heavy (non-hydrogen) atoms. The van der Waals surface area contributed by atoms with Crippen molar-refractivity contribution < 1.29 is 19.4 Å². The number of anilines is 2. The van der Waals surface area contributed by atoms with E-state index in [-0.39, 0.29) is 11.5 Å². The molecule has 0 spiro atoms. The van der Waals surface area contributed by atoms with Crippen LogP contribution in [-0.4, -0.2) is 35.3 Å². The maximum Gasteiger partial charge on any atom is 0.358 e. The number of hydrogen-bond donors (Lipinski definition) is 2. The van der Waals surface area contributed by atoms with Crippen LogP contribution in [0.2, 0.25) is 5.02 Å². The maximum absolute atomic E-state index is 11.6. The van der Waals surface area contributed by atoms with Gasteiger partial charge in [0.25, 0.3) is 0 Å². The zero-order valence-corrected chi connectivity index (χ0v) is 14.2. The summed E-state index contributed by atoms with van der Waals surface area (Å²) in [5.41, 5.74) is 1.30. The Hall–Kier alpha value is -3.06. The summed E-state index contributed by atoms with van der Waals surface area (Å²) in [6, 6.07) is 10.2. The number of fused-ring (bicyclic) bond motifs is 1. The molecule has 0 aliphatic rings. The van der Waals surface area contributed by atoms with Crippen LogP contribution in [0, 0.1) is 0 Å². The first-order valence-electron chi connectivity index (χ1n) is 7.22. The highest BCUT2D eigenvalue weighted by Crippen LogP contribution is 2.37. The SMILES string of the molecule is COc1cc(OC)c(Nc2nc3ccccc3nc2C(=O)O)cc1Cl. The first-order chi connectivity index (χ1) is 12.0. The molecule has 1 aromatic heterocycles. The van der Waals surface area contributed by atoms with Gasteiger partial charge in [-0.2, -0.15) is 0 Å². The highest BCUT2D eigenvalue weighted by Gasteiger charge is 2.18. The quantitative estimate of drug-likeness (QED) is 0.716. The fourth-order valence-electron chi connectivity index (χ4n) is 2.32. The van der Waals surface area contributed by atoms with Crippen LogP contribution in [0.3, 0.4) is 0 Å². The van der Waals surface area contributed by atoms with Crippen molar-refractivity contribution in [3.8, 4) is 11.5 Å². The average Bonchev–Trinajstić information content (AvgIpc) is 2.61. The minimum atomic E-state index is -1.20. The maximum atomic E-state index is 11.6. The largest absolute Gasteiger partial charge is 0.495 e. The second-order valence-corrected chi connectivity index (χ2v) is 5.43. The van der Waals surface area contributed by atoms with Gasteiger partial charge in [0, 0.05) is 6.07 Å². The van der Waals surface area contributed by atoms with Crippen LogP contribution in [0.1, 0.15) is 10.5 Å². The van der Waals surface area contributed by atoms with Crippen molar-refractivity contribution >= 4 is 40.1 Å². The van der Waals surface area contributed by atoms with E-state index in [9.17, 15) is 9.90 Å². The van der Waals surface area contributed by atoms with Crippen LogP contribution in [0.15, 0.2) is 36.4 Å². The number of nitrogens with zero attached hydrogens (tertiary/aromatic N) is 2. The van der Waals surface area contributed by atoms with Crippen molar-refractivity contribution in [1.29, 1.82) is 0 Å². The number of hydrogen-bond acceptors (Lipinski definition) is 6. The Morgan fingerprint density at radius 2 is 1.72 bits per heavy atom. The molecule has 1 heterocycles. The number of nitrogens with one attached hydrogen (secondary N) is 1. The Balaban J connectivity index is 2.12. The number of carbonyl (C=O) groups is 1. The van der Waals surface area contributed by atoms with Crippen LogP contribution >= 0.6 is 11.6 Å². The van der Waals surface area contributed by atoms with Gasteiger partial charge >= 0.3 is 5.97 Å². The smallest absolute Gasteiger partial charge is 0.358 e. The zero-order chi connectivity index (χ0) is 18.0. The minimum absolute atomic E-state index is 0.0886. The lowest BCUT2D eigenvalue weighted by atomic mass is 10.2. The predicted octanol–water partition coefficient (Wildman–Crippen LogP) is 3.74. The van der Waals surface area contributed by atoms with E-state index < -0.39 is 5.97 Å². The Labute approximate surface area is 148 Å². The van der Waals surface area contributed by atoms with E-state index in [0.29, 0.717) is 33.2 Å². The Morgan fingerprint density at radius 3 is 2.32 bits per heavy atom. The van der Waals surface area contributed by atoms with Crippen LogP contribution < -0.4 is 14.8 Å². The van der Waals surface area contributed by atoms with Crippen LogP contribution in [-0.2, 0) is 0 Å². The minimum Gasteiger partial charge on any atom is -0.495 e. The van der Waals surface area contributed by atoms with Gasteiger partial charge in [-0.1, -0.05) is 23.7 Å². The summed E-state index contributed by atoms with van der Waals surface area (Å²) in [6.07, 6.45) is 0. The van der Waals surface area contributed by atoms with Crippen LogP contribution in [0.5, 0.6) is 11.5 Å². The second-order valence-electron chi connectivity index (χ2n) is 5.03. The summed E-state index contributed by atoms with van der Waals surface area (Å²) >= 11 is 6.15. The van der Waals surface area contributed by atoms with Gasteiger partial charge < -0.3 is 19.9 Å². The number of halogens is 1. The van der Waals surface area contributed by atoms with Crippen LogP contribution in [0.25, 0.3) is 11.0 Å². The van der Waals surface area contributed by atoms with E-state index in [1.165, 1.54) is 14.2 Å². The van der Waals surface area contributed by atoms with E-state index in [2.05, 4.69) is 15.3 Å². The van der Waals surface area contributed by atoms with Crippen molar-refractivity contribution in [2.24, 2.45) is 0 Å². The zero-order valence-electron chi connectivity index (χ0n) is 13.4. The van der Waals surface area contributed by atoms with E-state index in [0.717, 1.165) is 0 Å². The molecule has 0 saturated heterocycles. The molecule has 2 aromatic carbocycles. The molecule has 0 aliphatic heterocycles. The first kappa shape index (κ1) is 16.8. The molecule has 0 amide bonds. The molecule has 0 saturated carbocycles. The van der Waals surface area contributed by atoms with E-state index in [4.69, 9.17) is 21.1 Å². The number of rotatable bonds is 5. The fourth-order valence-corrected chi connectivity index (χ4v) is 2.56. The molecule has 0 radical (unpaired) electrons. The molecule has 3 rings (SSSR count). The van der Waals surface area contributed by atoms with Crippen molar-refractivity contribution in [1.82, 2.24) is 9.97 Å². The van der Waals surface area contributed by atoms with Gasteiger partial charge in [0.15, 0.2) is 11.5 Å². The number of para-hydroxylation sites is 2. The number of aromatic carboxylic acids is 1. The summed E-state index contributed by atoms with van der Waals surface area (Å²) in [4.78, 5) is 20.1. The number of carboxylic acid groups (broad SMARTS) is 1. The lowest BCUT2D eigenvalue weighted by Gasteiger charge is -2.14. The second kappa shape index (κ2) is 6.82. The normalized spacial score (nSPS) is 10.5. The van der Waals surface area contributed by atoms with Crippen molar-refractivity contribution in [3.63, 3.8) is 0 Å². The Bertz CT molecular complexity index is 962. The summed E-state index contributed by atoms with van der Waals surface area (Å²) in [7, 11) is 2.98. The standard InChI is InChI=1S/C17H14ClN3O4/c1-24-13-8-14(25-2)12(7-9(13)18)21-16-15(17(22)23)19-10-5-3-4-6-11(10)20-16/h3-8H,1-2H3,(H,20,21)(H,22,23). The van der Waals surface area contributed by atoms with Gasteiger partial charge in [-0.15, -0.1) is 0 Å². The van der Waals surface area contributed by atoms with Gasteiger partial charge in [-0.3, -0.25) is 0 Å². The molecular weight excluding hydrogens is 346 g/mol. The summed E-state index contributed by atoms with van der Waals surface area (Å²) in [6.45, 7) is 0. The topological polar surface area (TPSA) is 93.6 Å². The van der Waals surface area contributed by atoms with Crippen molar-refractivity contribution in [2.75, 3.05) is 19.5 Å². The fraction of sp³-hybridized carbons (Fsp3) is 0.118. The van der Waals surface area contributed by atoms with Gasteiger partial charge in [0.2, 0.25) is 0 Å². The third-order valence-electron chi connectivity index (χ3n) is 3.50. The Morgan fingerprint density at radius 1 is 1.08 bits per heavy atom. The first-order valence-corrected chi connectivity index (χ1v) is 7.60. The molecule has 0 unspecified atom stereocenters. The highest BCUT2D eigenvalue weighted by molar-refractivity contribution is 6.32. The third-order valence-corrected chi connectivity index (χ3v) is 3.80. The highest BCUT2D eigenvalue weighted by atomic mass is 35.5. The molecule has 0 fully saturated rings. The van der Waals surface area contributed by atoms with E-state index in [1.54, 1.807) is 36.4 Å². The Kier molecular flexibility index (Phi) is 4.58. The average molecular weight is 360 g/mol. The molecule has 7 nitrogen and oxygen atoms in total. The van der Waals surface area contributed by atoms with E-state index in [1.807, 2.05) is 0 Å². The molecule has 0 atom stereocenters. The van der Waals surface area contributed by atoms with Gasteiger partial charge in [-0.05, 0) is 18.2 Å². The molecule has 2 N–H and O–H groups in total.